The number of carbonyl (C=O) groups is 1. The van der Waals surface area contributed by atoms with E-state index in [0.29, 0.717) is 12.1 Å². The van der Waals surface area contributed by atoms with Crippen LogP contribution < -0.4 is 5.73 Å². The van der Waals surface area contributed by atoms with Gasteiger partial charge in [-0.15, -0.1) is 10.2 Å². The molecule has 0 saturated heterocycles. The zero-order valence-corrected chi connectivity index (χ0v) is 15.0. The Morgan fingerprint density at radius 3 is 2.48 bits per heavy atom. The van der Waals surface area contributed by atoms with Crippen molar-refractivity contribution in [2.24, 2.45) is 5.73 Å². The summed E-state index contributed by atoms with van der Waals surface area (Å²) in [5.41, 5.74) is 5.68. The van der Waals surface area contributed by atoms with Crippen LogP contribution in [0.3, 0.4) is 0 Å². The molecule has 0 radical (unpaired) electrons. The molecule has 6 nitrogen and oxygen atoms in total. The molecule has 1 aliphatic heterocycles. The molecule has 0 aliphatic carbocycles. The van der Waals surface area contributed by atoms with E-state index in [1.807, 2.05) is 0 Å². The highest BCUT2D eigenvalue weighted by atomic mass is 19.4. The predicted molar refractivity (Wildman–Crippen MR) is 87.9 cm³/mol. The number of ketones is 1. The van der Waals surface area contributed by atoms with Crippen molar-refractivity contribution in [3.63, 3.8) is 0 Å². The first-order valence-electron chi connectivity index (χ1n) is 8.67. The van der Waals surface area contributed by atoms with Crippen LogP contribution in [0, 0.1) is 17.5 Å². The van der Waals surface area contributed by atoms with E-state index in [2.05, 4.69) is 10.2 Å². The second-order valence-corrected chi connectivity index (χ2v) is 6.86. The molecule has 0 fully saturated rings. The summed E-state index contributed by atoms with van der Waals surface area (Å²) in [5.74, 6) is -4.77. The normalized spacial score (nSPS) is 16.0. The third kappa shape index (κ3) is 4.93. The lowest BCUT2D eigenvalue weighted by Gasteiger charge is -2.27. The summed E-state index contributed by atoms with van der Waals surface area (Å²) in [4.78, 5) is 13.8. The molecule has 1 aromatic carbocycles. The lowest BCUT2D eigenvalue weighted by molar-refractivity contribution is -0.148. The maximum absolute atomic E-state index is 13.7. The van der Waals surface area contributed by atoms with Gasteiger partial charge in [0.1, 0.15) is 17.4 Å². The Hall–Kier alpha value is -2.47. The topological polar surface area (TPSA) is 77.0 Å². The van der Waals surface area contributed by atoms with Crippen molar-refractivity contribution in [3.8, 4) is 0 Å². The molecule has 2 N–H and O–H groups in total. The minimum Gasteiger partial charge on any atom is -0.327 e. The van der Waals surface area contributed by atoms with Gasteiger partial charge in [0.2, 0.25) is 5.82 Å². The van der Waals surface area contributed by atoms with Crippen LogP contribution in [-0.2, 0) is 30.5 Å². The van der Waals surface area contributed by atoms with E-state index in [1.165, 1.54) is 0 Å². The highest BCUT2D eigenvalue weighted by molar-refractivity contribution is 5.81. The number of benzene rings is 1. The second kappa shape index (κ2) is 8.11. The zero-order chi connectivity index (χ0) is 21.3. The zero-order valence-electron chi connectivity index (χ0n) is 15.0. The van der Waals surface area contributed by atoms with Gasteiger partial charge in [-0.3, -0.25) is 9.69 Å². The number of nitrogens with zero attached hydrogens (tertiary/aromatic N) is 4. The van der Waals surface area contributed by atoms with E-state index >= 15 is 0 Å². The summed E-state index contributed by atoms with van der Waals surface area (Å²) in [6.45, 7) is 0.105. The molecule has 2 aromatic rings. The number of halogens is 6. The number of nitrogens with two attached hydrogens (primary N) is 1. The monoisotopic (exact) mass is 421 g/mol. The van der Waals surface area contributed by atoms with Gasteiger partial charge in [0.15, 0.2) is 11.6 Å². The Labute approximate surface area is 161 Å². The fourth-order valence-corrected chi connectivity index (χ4v) is 3.23. The first-order chi connectivity index (χ1) is 13.5. The Balaban J connectivity index is 1.55. The Kier molecular flexibility index (Phi) is 5.94. The van der Waals surface area contributed by atoms with E-state index < -0.39 is 35.5 Å². The summed E-state index contributed by atoms with van der Waals surface area (Å²) in [5, 5.41) is 6.69. The number of hydrogen-bond donors (Lipinski definition) is 1. The van der Waals surface area contributed by atoms with Gasteiger partial charge in [-0.1, -0.05) is 0 Å². The van der Waals surface area contributed by atoms with Gasteiger partial charge < -0.3 is 10.3 Å². The van der Waals surface area contributed by atoms with E-state index in [9.17, 15) is 31.1 Å². The maximum atomic E-state index is 13.7. The van der Waals surface area contributed by atoms with Crippen LogP contribution in [0.2, 0.25) is 0 Å². The summed E-state index contributed by atoms with van der Waals surface area (Å²) < 4.78 is 79.4. The van der Waals surface area contributed by atoms with Crippen LogP contribution in [-0.4, -0.2) is 44.6 Å². The summed E-state index contributed by atoms with van der Waals surface area (Å²) in [6, 6.07) is 0.287. The summed E-state index contributed by atoms with van der Waals surface area (Å²) in [7, 11) is 0. The van der Waals surface area contributed by atoms with Crippen molar-refractivity contribution < 1.29 is 31.1 Å². The highest BCUT2D eigenvalue weighted by Gasteiger charge is 2.39. The number of fused-ring (bicyclic) bond motifs is 1. The van der Waals surface area contributed by atoms with Crippen LogP contribution in [0.5, 0.6) is 0 Å². The third-order valence-corrected chi connectivity index (χ3v) is 4.55. The summed E-state index contributed by atoms with van der Waals surface area (Å²) in [6.07, 6.45) is -4.93. The average Bonchev–Trinajstić information content (AvgIpc) is 3.03. The van der Waals surface area contributed by atoms with Gasteiger partial charge in [0.05, 0.1) is 13.1 Å². The van der Waals surface area contributed by atoms with Crippen LogP contribution in [0.4, 0.5) is 26.3 Å². The number of Topliss-reactive ketones (excluding diaryl/α,β-unsaturated/α-hetero) is 1. The van der Waals surface area contributed by atoms with Gasteiger partial charge >= 0.3 is 6.18 Å². The molecular weight excluding hydrogens is 404 g/mol. The lowest BCUT2D eigenvalue weighted by atomic mass is 10.0. The highest BCUT2D eigenvalue weighted by Crippen LogP contribution is 2.29. The molecule has 158 valence electrons. The number of rotatable bonds is 6. The molecule has 0 bridgehead atoms. The molecule has 1 aliphatic rings. The maximum Gasteiger partial charge on any atom is 0.451 e. The molecule has 0 amide bonds. The van der Waals surface area contributed by atoms with Gasteiger partial charge in [-0.2, -0.15) is 13.2 Å². The fourth-order valence-electron chi connectivity index (χ4n) is 3.23. The van der Waals surface area contributed by atoms with Gasteiger partial charge in [0, 0.05) is 31.6 Å². The molecule has 1 aromatic heterocycles. The lowest BCUT2D eigenvalue weighted by Crippen LogP contribution is -2.39. The quantitative estimate of drug-likeness (QED) is 0.571. The Bertz CT molecular complexity index is 912. The van der Waals surface area contributed by atoms with Crippen molar-refractivity contribution in [2.45, 2.75) is 38.1 Å². The number of alkyl halides is 3. The van der Waals surface area contributed by atoms with E-state index in [0.717, 1.165) is 4.57 Å². The van der Waals surface area contributed by atoms with Crippen molar-refractivity contribution in [1.82, 2.24) is 19.7 Å². The smallest absolute Gasteiger partial charge is 0.327 e. The molecule has 0 spiro atoms. The molecule has 1 unspecified atom stereocenters. The largest absolute Gasteiger partial charge is 0.451 e. The first kappa shape index (κ1) is 21.2. The minimum absolute atomic E-state index is 0.0157. The van der Waals surface area contributed by atoms with Crippen molar-refractivity contribution in [3.05, 3.63) is 46.8 Å². The van der Waals surface area contributed by atoms with E-state index in [-0.39, 0.29) is 56.2 Å². The van der Waals surface area contributed by atoms with Crippen LogP contribution in [0.15, 0.2) is 12.1 Å². The molecule has 3 rings (SSSR count). The first-order valence-corrected chi connectivity index (χ1v) is 8.67. The third-order valence-electron chi connectivity index (χ3n) is 4.55. The molecular formula is C17H17F6N5O. The fraction of sp³-hybridized carbons (Fsp3) is 0.471. The van der Waals surface area contributed by atoms with E-state index in [1.54, 1.807) is 4.90 Å². The Morgan fingerprint density at radius 1 is 1.10 bits per heavy atom. The molecule has 1 atom stereocenters. The van der Waals surface area contributed by atoms with Crippen LogP contribution in [0.1, 0.15) is 23.6 Å². The van der Waals surface area contributed by atoms with Crippen molar-refractivity contribution >= 4 is 5.78 Å². The Morgan fingerprint density at radius 2 is 1.79 bits per heavy atom. The van der Waals surface area contributed by atoms with Crippen molar-refractivity contribution in [2.75, 3.05) is 13.1 Å². The number of aromatic nitrogens is 3. The van der Waals surface area contributed by atoms with Gasteiger partial charge in [0.25, 0.3) is 0 Å². The van der Waals surface area contributed by atoms with Crippen LogP contribution >= 0.6 is 0 Å². The average molecular weight is 421 g/mol. The molecule has 29 heavy (non-hydrogen) atoms. The summed E-state index contributed by atoms with van der Waals surface area (Å²) >= 11 is 0. The van der Waals surface area contributed by atoms with Crippen LogP contribution in [0.25, 0.3) is 0 Å². The van der Waals surface area contributed by atoms with Gasteiger partial charge in [-0.05, 0) is 18.1 Å². The molecule has 0 saturated carbocycles. The standard InChI is InChI=1S/C17H17F6N5O/c18-12-6-14(20)13(19)4-9(12)3-10(24)5-11(29)7-27-1-2-28-15(8-27)25-26-16(28)17(21,22)23/h4,6,10H,1-3,5,7-8,24H2. The van der Waals surface area contributed by atoms with Gasteiger partial charge in [-0.25, -0.2) is 13.2 Å². The molecule has 2 heterocycles. The predicted octanol–water partition coefficient (Wildman–Crippen LogP) is 2.06. The second-order valence-electron chi connectivity index (χ2n) is 6.86. The van der Waals surface area contributed by atoms with E-state index in [4.69, 9.17) is 5.73 Å². The SMILES string of the molecule is NC(CC(=O)CN1CCn2c(nnc2C(F)(F)F)C1)Cc1cc(F)c(F)cc1F. The number of carbonyl (C=O) groups excluding carboxylic acids is 1. The number of hydrogen-bond acceptors (Lipinski definition) is 5. The van der Waals surface area contributed by atoms with Crippen molar-refractivity contribution in [1.29, 1.82) is 0 Å². The minimum atomic E-state index is -4.61. The molecule has 12 heteroatoms.